The van der Waals surface area contributed by atoms with E-state index in [1.807, 2.05) is 34.6 Å². The molecule has 0 amide bonds. The second kappa shape index (κ2) is 10.9. The van der Waals surface area contributed by atoms with Crippen molar-refractivity contribution in [1.29, 1.82) is 0 Å². The molecule has 6 heteroatoms. The number of ether oxygens (including phenoxy) is 5. The third kappa shape index (κ3) is 4.62. The zero-order chi connectivity index (χ0) is 24.9. The van der Waals surface area contributed by atoms with Crippen LogP contribution < -0.4 is 23.7 Å². The van der Waals surface area contributed by atoms with Gasteiger partial charge in [0.2, 0.25) is 0 Å². The van der Waals surface area contributed by atoms with Gasteiger partial charge in [0.1, 0.15) is 5.75 Å². The van der Waals surface area contributed by atoms with Crippen LogP contribution in [0.4, 0.5) is 0 Å². The molecule has 35 heavy (non-hydrogen) atoms. The van der Waals surface area contributed by atoms with E-state index in [0.29, 0.717) is 38.8 Å². The third-order valence-electron chi connectivity index (χ3n) is 5.90. The maximum Gasteiger partial charge on any atom is 0.161 e. The van der Waals surface area contributed by atoms with Gasteiger partial charge < -0.3 is 23.7 Å². The molecular weight excluding hydrogens is 442 g/mol. The average molecular weight is 478 g/mol. The molecule has 0 aliphatic rings. The van der Waals surface area contributed by atoms with Gasteiger partial charge in [-0.3, -0.25) is 0 Å². The molecular formula is C29H35NO5. The predicted octanol–water partition coefficient (Wildman–Crippen LogP) is 7.10. The number of fused-ring (bicyclic) bond motifs is 6. The molecule has 0 atom stereocenters. The van der Waals surface area contributed by atoms with E-state index in [1.165, 1.54) is 0 Å². The minimum absolute atomic E-state index is 0.547. The predicted molar refractivity (Wildman–Crippen MR) is 142 cm³/mol. The van der Waals surface area contributed by atoms with Crippen LogP contribution in [0.15, 0.2) is 30.3 Å². The van der Waals surface area contributed by atoms with E-state index in [2.05, 4.69) is 37.3 Å². The summed E-state index contributed by atoms with van der Waals surface area (Å²) in [6, 6.07) is 10.3. The normalized spacial score (nSPS) is 11.3. The van der Waals surface area contributed by atoms with Crippen molar-refractivity contribution >= 4 is 32.4 Å². The van der Waals surface area contributed by atoms with E-state index >= 15 is 0 Å². The summed E-state index contributed by atoms with van der Waals surface area (Å²) in [5.74, 6) is 3.68. The number of nitrogens with zero attached hydrogens (tertiary/aromatic N) is 1. The first kappa shape index (κ1) is 24.7. The molecule has 4 aromatic rings. The van der Waals surface area contributed by atoms with Crippen LogP contribution in [0.5, 0.6) is 28.7 Å². The molecule has 0 saturated heterocycles. The zero-order valence-corrected chi connectivity index (χ0v) is 21.6. The van der Waals surface area contributed by atoms with E-state index < -0.39 is 0 Å². The van der Waals surface area contributed by atoms with Crippen molar-refractivity contribution in [1.82, 2.24) is 4.98 Å². The van der Waals surface area contributed by atoms with E-state index in [-0.39, 0.29) is 0 Å². The minimum atomic E-state index is 0.547. The fraction of sp³-hybridized carbons (Fsp3) is 0.414. The molecule has 0 bridgehead atoms. The van der Waals surface area contributed by atoms with Crippen molar-refractivity contribution in [3.05, 3.63) is 36.0 Å². The van der Waals surface area contributed by atoms with Crippen molar-refractivity contribution in [2.75, 3.05) is 33.0 Å². The van der Waals surface area contributed by atoms with Gasteiger partial charge in [0.15, 0.2) is 23.0 Å². The maximum atomic E-state index is 5.99. The van der Waals surface area contributed by atoms with Crippen LogP contribution in [0.1, 0.15) is 47.2 Å². The van der Waals surface area contributed by atoms with Gasteiger partial charge in [0.25, 0.3) is 0 Å². The zero-order valence-electron chi connectivity index (χ0n) is 21.6. The van der Waals surface area contributed by atoms with E-state index in [0.717, 1.165) is 67.6 Å². The van der Waals surface area contributed by atoms with E-state index in [9.17, 15) is 0 Å². The van der Waals surface area contributed by atoms with E-state index in [1.54, 1.807) is 0 Å². The molecule has 0 aliphatic heterocycles. The third-order valence-corrected chi connectivity index (χ3v) is 5.90. The highest BCUT2D eigenvalue weighted by atomic mass is 16.5. The Kier molecular flexibility index (Phi) is 7.69. The number of benzene rings is 3. The number of pyridine rings is 1. The largest absolute Gasteiger partial charge is 0.492 e. The lowest BCUT2D eigenvalue weighted by atomic mass is 9.95. The lowest BCUT2D eigenvalue weighted by molar-refractivity contribution is 0.288. The van der Waals surface area contributed by atoms with E-state index in [4.69, 9.17) is 28.7 Å². The molecule has 0 spiro atoms. The fourth-order valence-electron chi connectivity index (χ4n) is 4.53. The van der Waals surface area contributed by atoms with Gasteiger partial charge in [-0.1, -0.05) is 6.92 Å². The van der Waals surface area contributed by atoms with Crippen LogP contribution in [0.2, 0.25) is 0 Å². The smallest absolute Gasteiger partial charge is 0.161 e. The summed E-state index contributed by atoms with van der Waals surface area (Å²) >= 11 is 0. The maximum absolute atomic E-state index is 5.99. The van der Waals surface area contributed by atoms with Crippen LogP contribution in [0, 0.1) is 0 Å². The molecule has 0 radical (unpaired) electrons. The Hall–Kier alpha value is -3.41. The molecule has 0 fully saturated rings. The number of aromatic nitrogens is 1. The molecule has 1 heterocycles. The molecule has 0 saturated carbocycles. The topological polar surface area (TPSA) is 59.0 Å². The molecule has 3 aromatic carbocycles. The molecule has 0 N–H and O–H groups in total. The SMILES string of the molecule is CCOc1cc2c3cc(OCC)c(OCC)cc3c3nc(CC)c(OCC)cc3c2cc1OCC. The van der Waals surface area contributed by atoms with Gasteiger partial charge in [0, 0.05) is 10.8 Å². The van der Waals surface area contributed by atoms with Crippen LogP contribution in [-0.4, -0.2) is 38.0 Å². The molecule has 0 aliphatic carbocycles. The van der Waals surface area contributed by atoms with Gasteiger partial charge in [-0.2, -0.15) is 0 Å². The summed E-state index contributed by atoms with van der Waals surface area (Å²) in [7, 11) is 0. The Balaban J connectivity index is 2.21. The highest BCUT2D eigenvalue weighted by Crippen LogP contribution is 2.45. The number of hydrogen-bond acceptors (Lipinski definition) is 6. The molecule has 0 unspecified atom stereocenters. The first-order valence-electron chi connectivity index (χ1n) is 12.6. The molecule has 1 aromatic heterocycles. The lowest BCUT2D eigenvalue weighted by Crippen LogP contribution is -2.02. The van der Waals surface area contributed by atoms with Gasteiger partial charge in [-0.15, -0.1) is 0 Å². The number of aryl methyl sites for hydroxylation is 1. The lowest BCUT2D eigenvalue weighted by Gasteiger charge is -2.19. The Morgan fingerprint density at radius 2 is 0.771 bits per heavy atom. The van der Waals surface area contributed by atoms with Crippen molar-refractivity contribution in [3.8, 4) is 28.7 Å². The standard InChI is InChI=1S/C29H35NO5/c1-7-23-24(31-8-2)16-21-19-14-26(33-10-4)25(32-9-3)13-18(19)20-15-27(34-11-5)28(35-12-6)17-22(20)29(21)30-23/h13-17H,7-12H2,1-6H3. The second-order valence-corrected chi connectivity index (χ2v) is 8.04. The summed E-state index contributed by atoms with van der Waals surface area (Å²) < 4.78 is 29.9. The molecule has 186 valence electrons. The number of hydrogen-bond donors (Lipinski definition) is 0. The summed E-state index contributed by atoms with van der Waals surface area (Å²) in [4.78, 5) is 5.11. The summed E-state index contributed by atoms with van der Waals surface area (Å²) in [6.07, 6.45) is 0.771. The second-order valence-electron chi connectivity index (χ2n) is 8.04. The Bertz CT molecular complexity index is 1310. The Morgan fingerprint density at radius 3 is 1.14 bits per heavy atom. The summed E-state index contributed by atoms with van der Waals surface area (Å²) in [5, 5.41) is 5.11. The van der Waals surface area contributed by atoms with Gasteiger partial charge in [0.05, 0.1) is 44.2 Å². The monoisotopic (exact) mass is 477 g/mol. The highest BCUT2D eigenvalue weighted by Gasteiger charge is 2.19. The van der Waals surface area contributed by atoms with Crippen molar-refractivity contribution in [3.63, 3.8) is 0 Å². The number of rotatable bonds is 11. The molecule has 4 rings (SSSR count). The summed E-state index contributed by atoms with van der Waals surface area (Å²) in [5.41, 5.74) is 1.84. The fourth-order valence-corrected chi connectivity index (χ4v) is 4.53. The van der Waals surface area contributed by atoms with Crippen molar-refractivity contribution in [2.24, 2.45) is 0 Å². The van der Waals surface area contributed by atoms with Gasteiger partial charge >= 0.3 is 0 Å². The van der Waals surface area contributed by atoms with Crippen LogP contribution in [-0.2, 0) is 6.42 Å². The van der Waals surface area contributed by atoms with Crippen LogP contribution in [0.25, 0.3) is 32.4 Å². The highest BCUT2D eigenvalue weighted by molar-refractivity contribution is 6.25. The van der Waals surface area contributed by atoms with Crippen LogP contribution >= 0.6 is 0 Å². The first-order valence-corrected chi connectivity index (χ1v) is 12.6. The van der Waals surface area contributed by atoms with Crippen LogP contribution in [0.3, 0.4) is 0 Å². The Morgan fingerprint density at radius 1 is 0.457 bits per heavy atom. The quantitative estimate of drug-likeness (QED) is 0.215. The average Bonchev–Trinajstić information content (AvgIpc) is 2.86. The van der Waals surface area contributed by atoms with Gasteiger partial charge in [-0.05, 0) is 87.5 Å². The van der Waals surface area contributed by atoms with Crippen molar-refractivity contribution < 1.29 is 23.7 Å². The first-order chi connectivity index (χ1) is 17.1. The van der Waals surface area contributed by atoms with Crippen molar-refractivity contribution in [2.45, 2.75) is 48.0 Å². The Labute approximate surface area is 207 Å². The minimum Gasteiger partial charge on any atom is -0.492 e. The van der Waals surface area contributed by atoms with Gasteiger partial charge in [-0.25, -0.2) is 4.98 Å². The molecule has 6 nitrogen and oxygen atoms in total. The summed E-state index contributed by atoms with van der Waals surface area (Å²) in [6.45, 7) is 14.8.